The van der Waals surface area contributed by atoms with Gasteiger partial charge in [-0.15, -0.1) is 0 Å². The molecule has 3 N–H and O–H groups in total. The standard InChI is InChI=1S/C69H114O12/c1-4-7-10-13-16-19-22-25-27-29-31-33-35-38-40-43-46-49-52-55-61(70)77-58-60(79-62(71)56-53-50-47-44-41-37-24-21-18-15-12-9-6-3)59-78-69-67(65(74)64(73)66(81-69)68(75)76)80-63(72)57-54-51-48-45-42-39-36-34-32-30-28-26-23-20-17-14-11-8-5-2/h9,12,17-18,20-21,25-28,32,34,37,41,47,50,60,64-67,69,73-74H,4-8,10-11,13-16,19,22-24,29-31,33,35-36,38-40,42-46,48-49,51-59H2,1-3H3,(H,75,76)/b12-9-,20-17-,21-18-,27-25-,28-26-,34-32-,41-37-,50-47-. The molecular weight excluding hydrogens is 1020 g/mol. The van der Waals surface area contributed by atoms with Gasteiger partial charge >= 0.3 is 23.9 Å². The Kier molecular flexibility index (Phi) is 51.7. The lowest BCUT2D eigenvalue weighted by atomic mass is 9.98. The number of carbonyl (C=O) groups excluding carboxylic acids is 3. The Morgan fingerprint density at radius 1 is 0.420 bits per heavy atom. The van der Waals surface area contributed by atoms with E-state index in [2.05, 4.69) is 106 Å². The molecule has 1 aliphatic heterocycles. The Balaban J connectivity index is 2.67. The third-order valence-electron chi connectivity index (χ3n) is 14.1. The summed E-state index contributed by atoms with van der Waals surface area (Å²) in [6.45, 7) is 5.79. The molecule has 81 heavy (non-hydrogen) atoms. The summed E-state index contributed by atoms with van der Waals surface area (Å²) in [5.74, 6) is -3.25. The Hall–Kier alpha value is -4.36. The maximum absolute atomic E-state index is 13.1. The lowest BCUT2D eigenvalue weighted by molar-refractivity contribution is -0.301. The zero-order valence-corrected chi connectivity index (χ0v) is 51.0. The number of esters is 3. The molecule has 0 amide bonds. The Morgan fingerprint density at radius 3 is 1.27 bits per heavy atom. The van der Waals surface area contributed by atoms with Gasteiger partial charge in [0.2, 0.25) is 0 Å². The van der Waals surface area contributed by atoms with Crippen molar-refractivity contribution in [1.29, 1.82) is 0 Å². The van der Waals surface area contributed by atoms with Crippen LogP contribution in [-0.2, 0) is 42.9 Å². The predicted molar refractivity (Wildman–Crippen MR) is 331 cm³/mol. The Morgan fingerprint density at radius 2 is 0.802 bits per heavy atom. The van der Waals surface area contributed by atoms with E-state index in [9.17, 15) is 34.5 Å². The number of allylic oxidation sites excluding steroid dienone is 16. The number of carboxylic acid groups (broad SMARTS) is 1. The van der Waals surface area contributed by atoms with E-state index in [1.165, 1.54) is 103 Å². The van der Waals surface area contributed by atoms with Gasteiger partial charge in [-0.25, -0.2) is 4.79 Å². The number of rotatable bonds is 54. The number of aliphatic carboxylic acids is 1. The van der Waals surface area contributed by atoms with Crippen LogP contribution >= 0.6 is 0 Å². The summed E-state index contributed by atoms with van der Waals surface area (Å²) in [6.07, 6.45) is 62.4. The first-order chi connectivity index (χ1) is 39.6. The molecule has 1 heterocycles. The van der Waals surface area contributed by atoms with Crippen molar-refractivity contribution in [1.82, 2.24) is 0 Å². The van der Waals surface area contributed by atoms with Gasteiger partial charge in [0.05, 0.1) is 6.61 Å². The van der Waals surface area contributed by atoms with Crippen molar-refractivity contribution >= 4 is 23.9 Å². The quantitative estimate of drug-likeness (QED) is 0.0228. The molecule has 0 bridgehead atoms. The predicted octanol–water partition coefficient (Wildman–Crippen LogP) is 17.2. The van der Waals surface area contributed by atoms with Gasteiger partial charge in [-0.3, -0.25) is 14.4 Å². The van der Waals surface area contributed by atoms with Crippen LogP contribution in [0.5, 0.6) is 0 Å². The summed E-state index contributed by atoms with van der Waals surface area (Å²) < 4.78 is 28.4. The van der Waals surface area contributed by atoms with E-state index in [1.54, 1.807) is 0 Å². The van der Waals surface area contributed by atoms with Crippen molar-refractivity contribution in [2.24, 2.45) is 0 Å². The molecule has 0 aromatic carbocycles. The fourth-order valence-electron chi connectivity index (χ4n) is 9.21. The van der Waals surface area contributed by atoms with E-state index in [0.29, 0.717) is 25.7 Å². The molecule has 1 rings (SSSR count). The van der Waals surface area contributed by atoms with E-state index in [4.69, 9.17) is 23.7 Å². The highest BCUT2D eigenvalue weighted by molar-refractivity contribution is 5.74. The molecule has 1 fully saturated rings. The van der Waals surface area contributed by atoms with Gasteiger partial charge in [-0.05, 0) is 109 Å². The average molecular weight is 1140 g/mol. The van der Waals surface area contributed by atoms with Crippen LogP contribution < -0.4 is 0 Å². The maximum Gasteiger partial charge on any atom is 0.335 e. The van der Waals surface area contributed by atoms with Gasteiger partial charge < -0.3 is 39.0 Å². The zero-order valence-electron chi connectivity index (χ0n) is 51.0. The second-order valence-electron chi connectivity index (χ2n) is 21.7. The monoisotopic (exact) mass is 1130 g/mol. The first-order valence-electron chi connectivity index (χ1n) is 32.2. The van der Waals surface area contributed by atoms with Crippen molar-refractivity contribution in [3.8, 4) is 0 Å². The number of unbranched alkanes of at least 4 members (excludes halogenated alkanes) is 24. The van der Waals surface area contributed by atoms with Crippen molar-refractivity contribution in [2.45, 2.75) is 302 Å². The summed E-state index contributed by atoms with van der Waals surface area (Å²) in [5.41, 5.74) is 0. The topological polar surface area (TPSA) is 175 Å². The summed E-state index contributed by atoms with van der Waals surface area (Å²) in [5, 5.41) is 31.6. The van der Waals surface area contributed by atoms with Crippen molar-refractivity contribution < 1.29 is 58.2 Å². The second-order valence-corrected chi connectivity index (χ2v) is 21.7. The minimum Gasteiger partial charge on any atom is -0.479 e. The average Bonchev–Trinajstić information content (AvgIpc) is 3.54. The number of aliphatic hydroxyl groups excluding tert-OH is 2. The van der Waals surface area contributed by atoms with Gasteiger partial charge in [-0.2, -0.15) is 0 Å². The van der Waals surface area contributed by atoms with Gasteiger partial charge in [0.25, 0.3) is 0 Å². The highest BCUT2D eigenvalue weighted by Crippen LogP contribution is 2.26. The Labute approximate surface area is 492 Å². The first kappa shape index (κ1) is 74.7. The van der Waals surface area contributed by atoms with Crippen LogP contribution in [0.25, 0.3) is 0 Å². The molecule has 0 radical (unpaired) electrons. The molecule has 12 heteroatoms. The van der Waals surface area contributed by atoms with Crippen LogP contribution in [0.4, 0.5) is 0 Å². The SMILES string of the molecule is CC/C=C\C/C=C\C/C=C\C/C=C\CCC(=O)OC(COC(=O)CCCCCCCCCCC/C=C\CCCCCCCC)COC1OC(C(=O)O)C(O)C(O)C1OC(=O)CCCCCCCC/C=C\C/C=C\C/C=C\CCCCC. The van der Waals surface area contributed by atoms with Gasteiger partial charge in [0, 0.05) is 19.3 Å². The zero-order chi connectivity index (χ0) is 58.9. The van der Waals surface area contributed by atoms with Crippen LogP contribution in [0.1, 0.15) is 265 Å². The third-order valence-corrected chi connectivity index (χ3v) is 14.1. The van der Waals surface area contributed by atoms with Crippen LogP contribution in [0.15, 0.2) is 97.2 Å². The molecule has 0 saturated carbocycles. The van der Waals surface area contributed by atoms with Gasteiger partial charge in [0.1, 0.15) is 18.8 Å². The van der Waals surface area contributed by atoms with Crippen molar-refractivity contribution in [3.63, 3.8) is 0 Å². The minimum atomic E-state index is -1.92. The van der Waals surface area contributed by atoms with E-state index >= 15 is 0 Å². The molecule has 0 aromatic heterocycles. The highest BCUT2D eigenvalue weighted by Gasteiger charge is 2.50. The molecular formula is C69H114O12. The largest absolute Gasteiger partial charge is 0.479 e. The van der Waals surface area contributed by atoms with E-state index < -0.39 is 67.3 Å². The van der Waals surface area contributed by atoms with Crippen LogP contribution in [0.2, 0.25) is 0 Å². The molecule has 1 saturated heterocycles. The first-order valence-corrected chi connectivity index (χ1v) is 32.2. The summed E-state index contributed by atoms with van der Waals surface area (Å²) in [6, 6.07) is 0. The van der Waals surface area contributed by atoms with E-state index in [0.717, 1.165) is 96.3 Å². The highest BCUT2D eigenvalue weighted by atomic mass is 16.7. The van der Waals surface area contributed by atoms with Crippen LogP contribution in [-0.4, -0.2) is 89.2 Å². The smallest absolute Gasteiger partial charge is 0.335 e. The van der Waals surface area contributed by atoms with Crippen molar-refractivity contribution in [2.75, 3.05) is 13.2 Å². The number of aliphatic hydroxyl groups is 2. The number of carboxylic acids is 1. The number of hydrogen-bond acceptors (Lipinski definition) is 11. The minimum absolute atomic E-state index is 0.0342. The summed E-state index contributed by atoms with van der Waals surface area (Å²) in [4.78, 5) is 51.2. The fourth-order valence-corrected chi connectivity index (χ4v) is 9.21. The molecule has 462 valence electrons. The third kappa shape index (κ3) is 45.8. The molecule has 6 atom stereocenters. The number of hydrogen-bond donors (Lipinski definition) is 3. The van der Waals surface area contributed by atoms with Gasteiger partial charge in [-0.1, -0.05) is 234 Å². The van der Waals surface area contributed by atoms with Crippen LogP contribution in [0, 0.1) is 0 Å². The molecule has 6 unspecified atom stereocenters. The molecule has 1 aliphatic rings. The normalized spacial score (nSPS) is 18.4. The van der Waals surface area contributed by atoms with Crippen LogP contribution in [0.3, 0.4) is 0 Å². The van der Waals surface area contributed by atoms with Crippen molar-refractivity contribution in [3.05, 3.63) is 97.2 Å². The number of ether oxygens (including phenoxy) is 5. The fraction of sp³-hybridized carbons (Fsp3) is 0.710. The van der Waals surface area contributed by atoms with E-state index in [-0.39, 0.29) is 25.9 Å². The molecule has 0 aliphatic carbocycles. The molecule has 0 spiro atoms. The summed E-state index contributed by atoms with van der Waals surface area (Å²) >= 11 is 0. The maximum atomic E-state index is 13.1. The second kappa shape index (κ2) is 56.1. The molecule has 12 nitrogen and oxygen atoms in total. The lowest BCUT2D eigenvalue weighted by Crippen LogP contribution is -2.61. The lowest BCUT2D eigenvalue weighted by Gasteiger charge is -2.40. The van der Waals surface area contributed by atoms with Gasteiger partial charge in [0.15, 0.2) is 24.6 Å². The number of carbonyl (C=O) groups is 4. The van der Waals surface area contributed by atoms with E-state index in [1.807, 2.05) is 12.2 Å². The Bertz CT molecular complexity index is 1780. The molecule has 0 aromatic rings. The summed E-state index contributed by atoms with van der Waals surface area (Å²) in [7, 11) is 0.